The van der Waals surface area contributed by atoms with Crippen LogP contribution in [0, 0.1) is 5.92 Å². The Morgan fingerprint density at radius 2 is 1.97 bits per heavy atom. The topological polar surface area (TPSA) is 146 Å². The van der Waals surface area contributed by atoms with Gasteiger partial charge < -0.3 is 10.7 Å². The number of anilines is 1. The van der Waals surface area contributed by atoms with E-state index in [4.69, 9.17) is 11.6 Å². The highest BCUT2D eigenvalue weighted by molar-refractivity contribution is 6.15. The van der Waals surface area contributed by atoms with Gasteiger partial charge in [0.2, 0.25) is 0 Å². The zero-order chi connectivity index (χ0) is 21.5. The normalized spacial score (nSPS) is 19.2. The number of amides is 3. The van der Waals surface area contributed by atoms with Crippen LogP contribution in [0.15, 0.2) is 53.9 Å². The van der Waals surface area contributed by atoms with E-state index < -0.39 is 12.1 Å². The number of carbonyl (C=O) groups is 2. The van der Waals surface area contributed by atoms with Crippen LogP contribution in [-0.4, -0.2) is 39.4 Å². The number of aromatic nitrogens is 2. The second-order valence-corrected chi connectivity index (χ2v) is 7.84. The number of urea groups is 1. The summed E-state index contributed by atoms with van der Waals surface area (Å²) >= 11 is 0. The van der Waals surface area contributed by atoms with Crippen molar-refractivity contribution in [3.63, 3.8) is 0 Å². The number of nitrogens with one attached hydrogen (secondary N) is 2. The molecule has 0 radical (unpaired) electrons. The van der Waals surface area contributed by atoms with Crippen molar-refractivity contribution in [2.24, 2.45) is 22.6 Å². The van der Waals surface area contributed by atoms with Crippen molar-refractivity contribution in [2.45, 2.75) is 18.9 Å². The summed E-state index contributed by atoms with van der Waals surface area (Å²) in [6.07, 6.45) is 3.92. The molecule has 31 heavy (non-hydrogen) atoms. The number of fused-ring (bicyclic) bond motifs is 1. The smallest absolute Gasteiger partial charge is 0.329 e. The highest BCUT2D eigenvalue weighted by Gasteiger charge is 2.40. The van der Waals surface area contributed by atoms with Gasteiger partial charge in [-0.3, -0.25) is 15.0 Å². The zero-order valence-corrected chi connectivity index (χ0v) is 16.7. The highest BCUT2D eigenvalue weighted by Crippen LogP contribution is 2.33. The summed E-state index contributed by atoms with van der Waals surface area (Å²) < 4.78 is 0. The van der Waals surface area contributed by atoms with Crippen molar-refractivity contribution >= 4 is 34.5 Å². The average molecular weight is 418 g/mol. The molecule has 2 aromatic carbocycles. The van der Waals surface area contributed by atoms with Crippen molar-refractivity contribution in [1.29, 1.82) is 0 Å². The standard InChI is InChI=1S/C21H22N8O2/c22-19(27-28(23)10-12-1-2-12)14-5-3-13(4-6-14)18-20(30)26-21(31)29(18)15-7-8-16-17(9-15)25-11-24-16/h3-9,11-12,18H,1-2,10,23H2,(H2,22,27)(H,24,25)(H,26,30,31). The van der Waals surface area contributed by atoms with E-state index in [0.29, 0.717) is 35.1 Å². The molecule has 0 spiro atoms. The molecule has 5 rings (SSSR count). The van der Waals surface area contributed by atoms with Gasteiger partial charge in [-0.05, 0) is 42.5 Å². The number of rotatable bonds is 6. The Labute approximate surface area is 177 Å². The molecule has 1 aliphatic heterocycles. The minimum Gasteiger partial charge on any atom is -0.382 e. The van der Waals surface area contributed by atoms with Crippen LogP contribution < -0.4 is 21.8 Å². The number of hydrazine groups is 1. The van der Waals surface area contributed by atoms with Crippen LogP contribution in [0.1, 0.15) is 30.0 Å². The third kappa shape index (κ3) is 3.68. The van der Waals surface area contributed by atoms with Crippen molar-refractivity contribution in [3.05, 3.63) is 59.9 Å². The van der Waals surface area contributed by atoms with Crippen molar-refractivity contribution in [1.82, 2.24) is 20.4 Å². The van der Waals surface area contributed by atoms with Gasteiger partial charge in [0.05, 0.1) is 23.9 Å². The number of hydrazone groups is 1. The molecule has 3 amide bonds. The van der Waals surface area contributed by atoms with E-state index in [9.17, 15) is 9.59 Å². The fourth-order valence-electron chi connectivity index (χ4n) is 3.75. The van der Waals surface area contributed by atoms with Crippen LogP contribution in [-0.2, 0) is 4.79 Å². The van der Waals surface area contributed by atoms with E-state index in [1.165, 1.54) is 22.9 Å². The number of carbonyl (C=O) groups excluding carboxylic acids is 2. The third-order valence-corrected chi connectivity index (χ3v) is 5.54. The van der Waals surface area contributed by atoms with E-state index in [1.807, 2.05) is 0 Å². The zero-order valence-electron chi connectivity index (χ0n) is 16.7. The molecule has 1 saturated heterocycles. The summed E-state index contributed by atoms with van der Waals surface area (Å²) in [7, 11) is 0. The van der Waals surface area contributed by atoms with E-state index in [2.05, 4.69) is 20.4 Å². The molecule has 3 aromatic rings. The molecule has 10 heteroatoms. The number of nitrogens with zero attached hydrogens (tertiary/aromatic N) is 4. The lowest BCUT2D eigenvalue weighted by Crippen LogP contribution is -2.31. The number of benzene rings is 2. The largest absolute Gasteiger partial charge is 0.382 e. The van der Waals surface area contributed by atoms with Crippen LogP contribution in [0.3, 0.4) is 0 Å². The molecule has 1 unspecified atom stereocenters. The monoisotopic (exact) mass is 418 g/mol. The summed E-state index contributed by atoms with van der Waals surface area (Å²) in [5.74, 6) is 6.39. The van der Waals surface area contributed by atoms with Crippen LogP contribution in [0.25, 0.3) is 11.0 Å². The van der Waals surface area contributed by atoms with Crippen molar-refractivity contribution in [2.75, 3.05) is 11.4 Å². The number of aromatic amines is 1. The number of imide groups is 1. The fourth-order valence-corrected chi connectivity index (χ4v) is 3.75. The Morgan fingerprint density at radius 1 is 1.19 bits per heavy atom. The van der Waals surface area contributed by atoms with E-state index >= 15 is 0 Å². The van der Waals surface area contributed by atoms with Gasteiger partial charge in [-0.1, -0.05) is 24.3 Å². The van der Waals surface area contributed by atoms with E-state index in [1.54, 1.807) is 48.8 Å². The minimum absolute atomic E-state index is 0.295. The van der Waals surface area contributed by atoms with Crippen LogP contribution in [0.2, 0.25) is 0 Å². The van der Waals surface area contributed by atoms with Crippen LogP contribution in [0.4, 0.5) is 10.5 Å². The molecular weight excluding hydrogens is 396 g/mol. The van der Waals surface area contributed by atoms with E-state index in [0.717, 1.165) is 11.0 Å². The molecule has 2 heterocycles. The Balaban J connectivity index is 1.41. The van der Waals surface area contributed by atoms with Gasteiger partial charge >= 0.3 is 6.03 Å². The Kier molecular flexibility index (Phi) is 4.55. The van der Waals surface area contributed by atoms with Gasteiger partial charge in [0.15, 0.2) is 5.84 Å². The lowest BCUT2D eigenvalue weighted by atomic mass is 10.0. The van der Waals surface area contributed by atoms with Gasteiger partial charge in [-0.2, -0.15) is 0 Å². The first-order chi connectivity index (χ1) is 15.0. The summed E-state index contributed by atoms with van der Waals surface area (Å²) in [4.78, 5) is 33.8. The van der Waals surface area contributed by atoms with Gasteiger partial charge in [0.25, 0.3) is 5.91 Å². The number of hydrogen-bond donors (Lipinski definition) is 4. The number of imidazole rings is 1. The predicted octanol–water partition coefficient (Wildman–Crippen LogP) is 1.57. The third-order valence-electron chi connectivity index (χ3n) is 5.54. The average Bonchev–Trinajstić information content (AvgIpc) is 3.33. The molecule has 2 aliphatic rings. The maximum Gasteiger partial charge on any atom is 0.329 e. The second-order valence-electron chi connectivity index (χ2n) is 7.84. The molecule has 158 valence electrons. The van der Waals surface area contributed by atoms with Crippen molar-refractivity contribution < 1.29 is 9.59 Å². The molecule has 1 aliphatic carbocycles. The van der Waals surface area contributed by atoms with E-state index in [-0.39, 0.29) is 5.91 Å². The second kappa shape index (κ2) is 7.40. The molecule has 2 fully saturated rings. The summed E-state index contributed by atoms with van der Waals surface area (Å²) in [6.45, 7) is 0.679. The number of nitrogens with two attached hydrogens (primary N) is 2. The minimum atomic E-state index is -0.791. The van der Waals surface area contributed by atoms with Gasteiger partial charge in [-0.15, -0.1) is 5.10 Å². The first-order valence-corrected chi connectivity index (χ1v) is 10.0. The molecule has 0 bridgehead atoms. The Morgan fingerprint density at radius 3 is 2.71 bits per heavy atom. The first kappa shape index (κ1) is 19.1. The SMILES string of the molecule is N/C(=N\N(N)CC1CC1)c1ccc(C2C(=O)NC(=O)N2c2ccc3nc[nH]c3c2)cc1. The van der Waals surface area contributed by atoms with Crippen molar-refractivity contribution in [3.8, 4) is 0 Å². The van der Waals surface area contributed by atoms with Gasteiger partial charge in [0, 0.05) is 11.3 Å². The Hall–Kier alpha value is -3.92. The maximum atomic E-state index is 12.6. The molecular formula is C21H22N8O2. The first-order valence-electron chi connectivity index (χ1n) is 10.0. The van der Waals surface area contributed by atoms with Crippen LogP contribution >= 0.6 is 0 Å². The summed E-state index contributed by atoms with van der Waals surface area (Å²) in [5, 5.41) is 7.99. The molecule has 1 atom stereocenters. The highest BCUT2D eigenvalue weighted by atomic mass is 16.2. The predicted molar refractivity (Wildman–Crippen MR) is 116 cm³/mol. The molecule has 6 N–H and O–H groups in total. The fraction of sp³-hybridized carbons (Fsp3) is 0.238. The van der Waals surface area contributed by atoms with Gasteiger partial charge in [-0.25, -0.2) is 20.7 Å². The summed E-state index contributed by atoms with van der Waals surface area (Å²) in [6, 6.07) is 11.2. The number of hydrogen-bond acceptors (Lipinski definition) is 6. The molecule has 10 nitrogen and oxygen atoms in total. The van der Waals surface area contributed by atoms with Gasteiger partial charge in [0.1, 0.15) is 6.04 Å². The molecule has 1 aromatic heterocycles. The number of H-pyrrole nitrogens is 1. The number of amidine groups is 1. The lowest BCUT2D eigenvalue weighted by Gasteiger charge is -2.22. The lowest BCUT2D eigenvalue weighted by molar-refractivity contribution is -0.119. The Bertz CT molecular complexity index is 1180. The molecule has 1 saturated carbocycles. The summed E-state index contributed by atoms with van der Waals surface area (Å²) in [5.41, 5.74) is 9.57. The van der Waals surface area contributed by atoms with Crippen LogP contribution in [0.5, 0.6) is 0 Å². The quantitative estimate of drug-likeness (QED) is 0.157. The maximum absolute atomic E-state index is 12.6.